The van der Waals surface area contributed by atoms with Crippen molar-refractivity contribution >= 4 is 37.3 Å². The smallest absolute Gasteiger partial charge is 0.542 e. The van der Waals surface area contributed by atoms with E-state index in [4.69, 9.17) is 42.1 Å². The van der Waals surface area contributed by atoms with Gasteiger partial charge in [0.25, 0.3) is 0 Å². The molecular formula is C41H56B3NO9. The van der Waals surface area contributed by atoms with E-state index in [1.54, 1.807) is 0 Å². The first kappa shape index (κ1) is 41.8. The fourth-order valence-electron chi connectivity index (χ4n) is 5.96. The summed E-state index contributed by atoms with van der Waals surface area (Å²) in [7, 11) is -1.50. The lowest BCUT2D eigenvalue weighted by molar-refractivity contribution is -0.569. The Morgan fingerprint density at radius 3 is 1.24 bits per heavy atom. The molecule has 0 bridgehead atoms. The second kappa shape index (κ2) is 21.7. The summed E-state index contributed by atoms with van der Waals surface area (Å²) in [6.45, 7) is 14.5. The number of pyridine rings is 1. The topological polar surface area (TPSA) is 87.0 Å². The zero-order chi connectivity index (χ0) is 38.2. The average molecular weight is 739 g/mol. The standard InChI is InChI=1S/C41H56B3NO9/c1-33(2)49-27-24-46-30-36-10-16-39(17-11-36)42-52-43(40-18-12-37(13-19-40)31-47-25-28-50-34(3)4)54-44(53-42,45-22-8-7-9-23-45)41-20-14-38(15-21-41)32-48-26-29-51-35(5)6/h7-23,33-35H,24-32H2,1-6H3. The maximum atomic E-state index is 7.00. The highest BCUT2D eigenvalue weighted by Crippen LogP contribution is 2.19. The van der Waals surface area contributed by atoms with Gasteiger partial charge in [0.05, 0.1) is 77.8 Å². The summed E-state index contributed by atoms with van der Waals surface area (Å²) < 4.78 is 57.1. The van der Waals surface area contributed by atoms with Crippen molar-refractivity contribution in [3.05, 3.63) is 120 Å². The molecule has 1 aliphatic heterocycles. The Morgan fingerprint density at radius 2 is 0.870 bits per heavy atom. The molecule has 5 rings (SSSR count). The number of aromatic nitrogens is 1. The van der Waals surface area contributed by atoms with Gasteiger partial charge >= 0.3 is 20.9 Å². The van der Waals surface area contributed by atoms with Crippen molar-refractivity contribution in [2.24, 2.45) is 0 Å². The molecule has 1 aliphatic rings. The van der Waals surface area contributed by atoms with Gasteiger partial charge in [0.1, 0.15) is 12.4 Å². The summed E-state index contributed by atoms with van der Waals surface area (Å²) in [6, 6.07) is 30.4. The summed E-state index contributed by atoms with van der Waals surface area (Å²) in [5, 5.41) is 0. The van der Waals surface area contributed by atoms with Gasteiger partial charge in [-0.1, -0.05) is 84.3 Å². The van der Waals surface area contributed by atoms with Crippen molar-refractivity contribution in [3.63, 3.8) is 0 Å². The predicted octanol–water partition coefficient (Wildman–Crippen LogP) is 4.35. The lowest BCUT2D eigenvalue weighted by Crippen LogP contribution is -2.82. The van der Waals surface area contributed by atoms with Crippen LogP contribution >= 0.6 is 0 Å². The van der Waals surface area contributed by atoms with E-state index in [0.717, 1.165) is 33.1 Å². The van der Waals surface area contributed by atoms with E-state index < -0.39 is 20.9 Å². The van der Waals surface area contributed by atoms with Gasteiger partial charge in [-0.15, -0.1) is 0 Å². The largest absolute Gasteiger partial charge is 0.551 e. The van der Waals surface area contributed by atoms with Crippen molar-refractivity contribution in [2.75, 3.05) is 39.6 Å². The maximum Gasteiger partial charge on any atom is 0.551 e. The number of nitrogens with zero attached hydrogens (tertiary/aromatic N) is 1. The van der Waals surface area contributed by atoms with Gasteiger partial charge in [-0.2, -0.15) is 0 Å². The second-order valence-electron chi connectivity index (χ2n) is 14.2. The Morgan fingerprint density at radius 1 is 0.500 bits per heavy atom. The van der Waals surface area contributed by atoms with Gasteiger partial charge in [-0.3, -0.25) is 0 Å². The van der Waals surface area contributed by atoms with Crippen LogP contribution in [0.15, 0.2) is 103 Å². The Kier molecular flexibility index (Phi) is 16.8. The zero-order valence-electron chi connectivity index (χ0n) is 32.8. The first-order valence-electron chi connectivity index (χ1n) is 19.2. The lowest BCUT2D eigenvalue weighted by atomic mass is 9.53. The minimum atomic E-state index is -2.31. The van der Waals surface area contributed by atoms with Crippen LogP contribution in [-0.2, 0) is 62.0 Å². The van der Waals surface area contributed by atoms with E-state index in [1.165, 1.54) is 0 Å². The third-order valence-electron chi connectivity index (χ3n) is 8.74. The van der Waals surface area contributed by atoms with Crippen molar-refractivity contribution < 1.29 is 46.6 Å². The molecule has 288 valence electrons. The molecule has 0 spiro atoms. The Bertz CT molecular complexity index is 1560. The fraction of sp³-hybridized carbons (Fsp3) is 0.439. The SMILES string of the molecule is CC(C)OCCOCc1ccc(B2OB(c3ccc(COCCOC(C)C)cc3)O[B-](c3ccc(COCCOC(C)C)cc3)([n+]3ccccc3)O2)cc1. The van der Waals surface area contributed by atoms with Crippen molar-refractivity contribution in [3.8, 4) is 0 Å². The van der Waals surface area contributed by atoms with Crippen LogP contribution in [-0.4, -0.2) is 78.9 Å². The number of rotatable bonds is 22. The number of benzene rings is 3. The summed E-state index contributed by atoms with van der Waals surface area (Å²) >= 11 is 0. The second-order valence-corrected chi connectivity index (χ2v) is 14.2. The van der Waals surface area contributed by atoms with Crippen LogP contribution in [0.2, 0.25) is 0 Å². The molecule has 1 saturated heterocycles. The highest BCUT2D eigenvalue weighted by atomic mass is 16.7. The molecule has 10 nitrogen and oxygen atoms in total. The van der Waals surface area contributed by atoms with E-state index in [-0.39, 0.29) is 18.3 Å². The van der Waals surface area contributed by atoms with Gasteiger partial charge in [0.15, 0.2) is 0 Å². The Hall–Kier alpha value is -3.36. The zero-order valence-corrected chi connectivity index (χ0v) is 32.8. The summed E-state index contributed by atoms with van der Waals surface area (Å²) in [4.78, 5) is 0. The molecule has 0 N–H and O–H groups in total. The molecular weight excluding hydrogens is 683 g/mol. The molecule has 2 heterocycles. The van der Waals surface area contributed by atoms with Crippen molar-refractivity contribution in [1.29, 1.82) is 0 Å². The molecule has 0 aliphatic carbocycles. The van der Waals surface area contributed by atoms with E-state index >= 15 is 0 Å². The first-order valence-corrected chi connectivity index (χ1v) is 19.2. The number of hydrogen-bond acceptors (Lipinski definition) is 9. The fourth-order valence-corrected chi connectivity index (χ4v) is 5.96. The third kappa shape index (κ3) is 12.9. The normalized spacial score (nSPS) is 14.5. The van der Waals surface area contributed by atoms with E-state index in [9.17, 15) is 0 Å². The van der Waals surface area contributed by atoms with Gasteiger partial charge in [0, 0.05) is 0 Å². The summed E-state index contributed by atoms with van der Waals surface area (Å²) in [5.74, 6) is 0. The van der Waals surface area contributed by atoms with Crippen LogP contribution in [0.4, 0.5) is 0 Å². The molecule has 0 saturated carbocycles. The lowest BCUT2D eigenvalue weighted by Gasteiger charge is -2.45. The highest BCUT2D eigenvalue weighted by Gasteiger charge is 2.53. The van der Waals surface area contributed by atoms with Crippen molar-refractivity contribution in [2.45, 2.75) is 79.7 Å². The third-order valence-corrected chi connectivity index (χ3v) is 8.74. The molecule has 1 fully saturated rings. The van der Waals surface area contributed by atoms with Crippen LogP contribution < -0.4 is 20.9 Å². The van der Waals surface area contributed by atoms with Gasteiger partial charge < -0.3 is 46.6 Å². The molecule has 0 amide bonds. The molecule has 3 aromatic carbocycles. The summed E-state index contributed by atoms with van der Waals surface area (Å²) in [6.07, 6.45) is 4.47. The molecule has 13 heteroatoms. The first-order chi connectivity index (χ1) is 26.2. The molecule has 4 aromatic rings. The van der Waals surface area contributed by atoms with Gasteiger partial charge in [-0.05, 0) is 81.3 Å². The van der Waals surface area contributed by atoms with Crippen molar-refractivity contribution in [1.82, 2.24) is 0 Å². The number of hydrogen-bond donors (Lipinski definition) is 0. The minimum Gasteiger partial charge on any atom is -0.542 e. The van der Waals surface area contributed by atoms with Crippen LogP contribution in [0.1, 0.15) is 58.2 Å². The summed E-state index contributed by atoms with van der Waals surface area (Å²) in [5.41, 5.74) is 5.71. The van der Waals surface area contributed by atoms with Crippen LogP contribution in [0.25, 0.3) is 0 Å². The van der Waals surface area contributed by atoms with Crippen LogP contribution in [0.5, 0.6) is 0 Å². The van der Waals surface area contributed by atoms with Crippen LogP contribution in [0, 0.1) is 0 Å². The Labute approximate surface area is 322 Å². The van der Waals surface area contributed by atoms with E-state index in [2.05, 4.69) is 24.3 Å². The quantitative estimate of drug-likeness (QED) is 0.0864. The van der Waals surface area contributed by atoms with Gasteiger partial charge in [0.2, 0.25) is 0 Å². The predicted molar refractivity (Wildman–Crippen MR) is 213 cm³/mol. The average Bonchev–Trinajstić information content (AvgIpc) is 3.18. The molecule has 0 radical (unpaired) electrons. The number of ether oxygens (including phenoxy) is 6. The highest BCUT2D eigenvalue weighted by molar-refractivity contribution is 6.92. The minimum absolute atomic E-state index is 0.174. The van der Waals surface area contributed by atoms with E-state index in [1.807, 2.05) is 125 Å². The van der Waals surface area contributed by atoms with Gasteiger partial charge in [-0.25, -0.2) is 0 Å². The Balaban J connectivity index is 1.39. The molecule has 0 unspecified atom stereocenters. The monoisotopic (exact) mass is 739 g/mol. The molecule has 1 aromatic heterocycles. The molecule has 0 atom stereocenters. The van der Waals surface area contributed by atoms with E-state index in [0.29, 0.717) is 59.5 Å². The van der Waals surface area contributed by atoms with Crippen LogP contribution in [0.3, 0.4) is 0 Å². The molecule has 54 heavy (non-hydrogen) atoms. The maximum absolute atomic E-state index is 7.00.